The van der Waals surface area contributed by atoms with Gasteiger partial charge >= 0.3 is 0 Å². The second-order valence-corrected chi connectivity index (χ2v) is 23.1. The molecule has 0 unspecified atom stereocenters. The van der Waals surface area contributed by atoms with Crippen molar-refractivity contribution in [3.8, 4) is 0 Å². The summed E-state index contributed by atoms with van der Waals surface area (Å²) in [6, 6.07) is 84.8. The van der Waals surface area contributed by atoms with E-state index in [2.05, 4.69) is 261 Å². The predicted molar refractivity (Wildman–Crippen MR) is 306 cm³/mol. The van der Waals surface area contributed by atoms with E-state index in [0.29, 0.717) is 0 Å². The fourth-order valence-electron chi connectivity index (χ4n) is 11.1. The minimum absolute atomic E-state index is 0.865. The molecule has 0 saturated heterocycles. The Bertz CT molecular complexity index is 3860. The molecule has 0 amide bonds. The van der Waals surface area contributed by atoms with Crippen molar-refractivity contribution in [1.82, 2.24) is 0 Å². The van der Waals surface area contributed by atoms with Crippen molar-refractivity contribution in [2.75, 3.05) is 0 Å². The third-order valence-corrected chi connectivity index (χ3v) is 19.6. The van der Waals surface area contributed by atoms with E-state index in [1.807, 2.05) is 0 Å². The zero-order valence-electron chi connectivity index (χ0n) is 38.6. The molecular formula is C68H47PS. The van der Waals surface area contributed by atoms with E-state index in [-0.39, 0.29) is 0 Å². The van der Waals surface area contributed by atoms with Crippen molar-refractivity contribution in [2.45, 2.75) is 12.8 Å². The number of allylic oxidation sites excluding steroid dienone is 4. The summed E-state index contributed by atoms with van der Waals surface area (Å²) in [5, 5.41) is 13.4. The Morgan fingerprint density at radius 1 is 0.314 bits per heavy atom. The SMILES string of the molecule is S=P(c1ccc(/C(=C2\C=Cc3ccccc3C2)c2ccc3ccccc3c2)cc1)(c1ccc(/C(=C2\C=Cc3ccccc3C2)c2ccc3ccccc3c2)cc1)c1cc2ccccc2c2ccccc12. The Morgan fingerprint density at radius 2 is 0.714 bits per heavy atom. The highest BCUT2D eigenvalue weighted by atomic mass is 32.4. The van der Waals surface area contributed by atoms with E-state index >= 15 is 0 Å². The fraction of sp³-hybridized carbons (Fsp3) is 0.0294. The third-order valence-electron chi connectivity index (χ3n) is 14.6. The molecule has 0 aromatic heterocycles. The van der Waals surface area contributed by atoms with Crippen LogP contribution in [0.15, 0.2) is 260 Å². The van der Waals surface area contributed by atoms with E-state index in [4.69, 9.17) is 11.8 Å². The first-order valence-corrected chi connectivity index (χ1v) is 27.1. The molecule has 2 heteroatoms. The maximum atomic E-state index is 7.40. The van der Waals surface area contributed by atoms with Gasteiger partial charge in [-0.25, -0.2) is 0 Å². The van der Waals surface area contributed by atoms with Crippen molar-refractivity contribution >= 4 is 100 Å². The molecule has 11 aromatic carbocycles. The van der Waals surface area contributed by atoms with E-state index in [0.717, 1.165) is 12.8 Å². The summed E-state index contributed by atoms with van der Waals surface area (Å²) in [5.41, 5.74) is 15.2. The van der Waals surface area contributed by atoms with Gasteiger partial charge in [-0.3, -0.25) is 0 Å². The van der Waals surface area contributed by atoms with Gasteiger partial charge in [-0.2, -0.15) is 0 Å². The van der Waals surface area contributed by atoms with Crippen LogP contribution in [0.5, 0.6) is 0 Å². The van der Waals surface area contributed by atoms with Gasteiger partial charge in [0.1, 0.15) is 0 Å². The molecule has 2 aliphatic rings. The molecule has 0 heterocycles. The zero-order valence-corrected chi connectivity index (χ0v) is 40.3. The first-order chi connectivity index (χ1) is 34.5. The monoisotopic (exact) mass is 926 g/mol. The lowest BCUT2D eigenvalue weighted by molar-refractivity contribution is 1.17. The highest BCUT2D eigenvalue weighted by molar-refractivity contribution is 8.25. The summed E-state index contributed by atoms with van der Waals surface area (Å²) in [4.78, 5) is 0. The van der Waals surface area contributed by atoms with Crippen molar-refractivity contribution in [2.24, 2.45) is 0 Å². The summed E-state index contributed by atoms with van der Waals surface area (Å²) < 4.78 is 0. The van der Waals surface area contributed by atoms with Gasteiger partial charge in [0.15, 0.2) is 0 Å². The van der Waals surface area contributed by atoms with Crippen molar-refractivity contribution in [1.29, 1.82) is 0 Å². The van der Waals surface area contributed by atoms with Gasteiger partial charge < -0.3 is 0 Å². The van der Waals surface area contributed by atoms with Gasteiger partial charge in [0, 0.05) is 11.3 Å². The quantitative estimate of drug-likeness (QED) is 0.113. The average Bonchev–Trinajstić information content (AvgIpc) is 3.43. The average molecular weight is 927 g/mol. The van der Waals surface area contributed by atoms with Crippen LogP contribution >= 0.6 is 6.04 Å². The van der Waals surface area contributed by atoms with Crippen LogP contribution in [0.3, 0.4) is 0 Å². The minimum atomic E-state index is -2.71. The molecule has 330 valence electrons. The standard InChI is InChI=1S/C68H47PS/c70-69(66-45-56-21-9-10-22-63(56)64-23-11-12-24-65(64)66,61-37-33-50(34-38-61)67(57-29-25-46-13-1-5-17-52(46)41-57)58-30-26-47-14-2-6-18-53(47)42-58)62-39-35-51(36-40-62)68(59-31-27-48-15-3-7-19-54(48)43-59)60-32-28-49-16-4-8-20-55(49)44-60/h1-41,43,45H,42,44H2/b67-58-,68-60-. The summed E-state index contributed by atoms with van der Waals surface area (Å²) >= 11 is 7.40. The van der Waals surface area contributed by atoms with Crippen LogP contribution in [0.1, 0.15) is 44.5 Å². The van der Waals surface area contributed by atoms with E-state index in [9.17, 15) is 0 Å². The van der Waals surface area contributed by atoms with Crippen LogP contribution in [0.4, 0.5) is 0 Å². The van der Waals surface area contributed by atoms with Gasteiger partial charge in [0.05, 0.1) is 0 Å². The fourth-order valence-corrected chi connectivity index (χ4v) is 15.2. The Balaban J connectivity index is 0.992. The van der Waals surface area contributed by atoms with Gasteiger partial charge in [-0.05, 0) is 152 Å². The van der Waals surface area contributed by atoms with Crippen LogP contribution in [-0.4, -0.2) is 0 Å². The lowest BCUT2D eigenvalue weighted by atomic mass is 9.85. The first kappa shape index (κ1) is 42.2. The highest BCUT2D eigenvalue weighted by Crippen LogP contribution is 2.47. The van der Waals surface area contributed by atoms with Crippen LogP contribution in [0.2, 0.25) is 0 Å². The topological polar surface area (TPSA) is 0 Å². The molecule has 2 aliphatic carbocycles. The van der Waals surface area contributed by atoms with E-state index in [1.54, 1.807) is 0 Å². The van der Waals surface area contributed by atoms with Crippen molar-refractivity contribution in [3.63, 3.8) is 0 Å². The van der Waals surface area contributed by atoms with Gasteiger partial charge in [0.2, 0.25) is 0 Å². The Morgan fingerprint density at radius 3 is 1.23 bits per heavy atom. The maximum absolute atomic E-state index is 7.40. The second-order valence-electron chi connectivity index (χ2n) is 18.7. The molecule has 0 saturated carbocycles. The molecule has 0 atom stereocenters. The first-order valence-electron chi connectivity index (χ1n) is 24.2. The van der Waals surface area contributed by atoms with Crippen LogP contribution in [-0.2, 0) is 24.6 Å². The number of fused-ring (bicyclic) bond motifs is 7. The predicted octanol–water partition coefficient (Wildman–Crippen LogP) is 16.2. The summed E-state index contributed by atoms with van der Waals surface area (Å²) in [6.45, 7) is 0. The molecule has 0 spiro atoms. The molecule has 70 heavy (non-hydrogen) atoms. The molecule has 0 N–H and O–H groups in total. The molecule has 13 rings (SSSR count). The van der Waals surface area contributed by atoms with Crippen LogP contribution in [0, 0.1) is 0 Å². The normalized spacial score (nSPS) is 14.7. The van der Waals surface area contributed by atoms with Crippen molar-refractivity contribution < 1.29 is 0 Å². The molecule has 0 bridgehead atoms. The Kier molecular flexibility index (Phi) is 10.6. The maximum Gasteiger partial charge on any atom is 0.0385 e. The largest absolute Gasteiger partial charge is 0.0826 e. The number of hydrogen-bond acceptors (Lipinski definition) is 1. The Labute approximate surface area is 414 Å². The lowest BCUT2D eigenvalue weighted by Gasteiger charge is -2.27. The number of hydrogen-bond donors (Lipinski definition) is 0. The summed E-state index contributed by atoms with van der Waals surface area (Å²) in [7, 11) is 0. The molecule has 11 aromatic rings. The minimum Gasteiger partial charge on any atom is -0.0826 e. The lowest BCUT2D eigenvalue weighted by Crippen LogP contribution is -2.25. The third kappa shape index (κ3) is 7.42. The smallest absolute Gasteiger partial charge is 0.0385 e. The molecule has 0 radical (unpaired) electrons. The van der Waals surface area contributed by atoms with E-state index in [1.165, 1.54) is 126 Å². The number of benzene rings is 11. The van der Waals surface area contributed by atoms with Gasteiger partial charge in [-0.1, -0.05) is 255 Å². The van der Waals surface area contributed by atoms with Gasteiger partial charge in [-0.15, -0.1) is 0 Å². The molecular weight excluding hydrogens is 880 g/mol. The Hall–Kier alpha value is -7.93. The van der Waals surface area contributed by atoms with Crippen LogP contribution < -0.4 is 15.9 Å². The van der Waals surface area contributed by atoms with Crippen LogP contribution in [0.25, 0.3) is 66.4 Å². The summed E-state index contributed by atoms with van der Waals surface area (Å²) in [5.74, 6) is 0. The molecule has 0 fully saturated rings. The molecule has 0 nitrogen and oxygen atoms in total. The second kappa shape index (κ2) is 17.5. The summed E-state index contributed by atoms with van der Waals surface area (Å²) in [6.07, 6.45) is 11.0. The number of rotatable bonds is 7. The zero-order chi connectivity index (χ0) is 46.6. The highest BCUT2D eigenvalue weighted by Gasteiger charge is 2.29. The van der Waals surface area contributed by atoms with Crippen molar-refractivity contribution in [3.05, 3.63) is 304 Å². The molecule has 0 aliphatic heterocycles. The van der Waals surface area contributed by atoms with Gasteiger partial charge in [0.25, 0.3) is 0 Å². The van der Waals surface area contributed by atoms with E-state index < -0.39 is 6.04 Å².